The first kappa shape index (κ1) is 37.2. The Morgan fingerprint density at radius 3 is 0.885 bits per heavy atom. The van der Waals surface area contributed by atoms with Crippen molar-refractivity contribution in [3.05, 3.63) is 242 Å². The number of rotatable bonds is 10. The summed E-state index contributed by atoms with van der Waals surface area (Å²) in [7, 11) is 0. The van der Waals surface area contributed by atoms with Gasteiger partial charge in [0.15, 0.2) is 0 Å². The van der Waals surface area contributed by atoms with E-state index in [9.17, 15) is 0 Å². The number of fused-ring (bicyclic) bond motifs is 1. The molecule has 1 heterocycles. The van der Waals surface area contributed by atoms with Crippen LogP contribution in [0.25, 0.3) is 55.8 Å². The normalized spacial score (nSPS) is 11.0. The minimum atomic E-state index is 0.860. The Kier molecular flexibility index (Phi) is 10.2. The van der Waals surface area contributed by atoms with Gasteiger partial charge in [-0.2, -0.15) is 0 Å². The molecule has 4 nitrogen and oxygen atoms in total. The number of para-hydroxylation sites is 4. The average molecular weight is 783 g/mol. The van der Waals surface area contributed by atoms with Gasteiger partial charge >= 0.3 is 0 Å². The van der Waals surface area contributed by atoms with Gasteiger partial charge in [-0.15, -0.1) is 0 Å². The molecule has 61 heavy (non-hydrogen) atoms. The van der Waals surface area contributed by atoms with Crippen LogP contribution in [0.5, 0.6) is 0 Å². The molecule has 10 aromatic rings. The Balaban J connectivity index is 0.944. The van der Waals surface area contributed by atoms with Gasteiger partial charge < -0.3 is 9.80 Å². The van der Waals surface area contributed by atoms with E-state index >= 15 is 0 Å². The summed E-state index contributed by atoms with van der Waals surface area (Å²) in [6, 6.07) is 83.3. The van der Waals surface area contributed by atoms with E-state index in [0.717, 1.165) is 95.5 Å². The molecule has 0 spiro atoms. The number of aryl methyl sites for hydroxylation is 1. The quantitative estimate of drug-likeness (QED) is 0.138. The predicted octanol–water partition coefficient (Wildman–Crippen LogP) is 15.5. The van der Waals surface area contributed by atoms with Crippen LogP contribution in [0, 0.1) is 6.92 Å². The maximum atomic E-state index is 5.26. The molecule has 0 saturated heterocycles. The summed E-state index contributed by atoms with van der Waals surface area (Å²) in [5, 5.41) is 0. The summed E-state index contributed by atoms with van der Waals surface area (Å²) >= 11 is 0. The molecule has 4 heteroatoms. The van der Waals surface area contributed by atoms with E-state index < -0.39 is 0 Å². The fourth-order valence-electron chi connectivity index (χ4n) is 8.02. The van der Waals surface area contributed by atoms with Crippen molar-refractivity contribution >= 4 is 45.2 Å². The summed E-state index contributed by atoms with van der Waals surface area (Å²) < 4.78 is 0. The molecule has 290 valence electrons. The van der Waals surface area contributed by atoms with Crippen molar-refractivity contribution < 1.29 is 0 Å². The Morgan fingerprint density at radius 2 is 0.541 bits per heavy atom. The fourth-order valence-corrected chi connectivity index (χ4v) is 8.02. The van der Waals surface area contributed by atoms with Gasteiger partial charge in [0.25, 0.3) is 0 Å². The van der Waals surface area contributed by atoms with E-state index in [2.05, 4.69) is 253 Å². The number of benzene rings is 9. The molecule has 0 aliphatic heterocycles. The topological polar surface area (TPSA) is 32.3 Å². The molecule has 0 saturated carbocycles. The molecule has 0 radical (unpaired) electrons. The SMILES string of the molecule is Cc1ccc2nc(-c3ccc(-c4ccc(N(c5ccccc5)c5ccccc5)cc4)cc3)c(-c3ccc(-c4ccc(N(c5ccccc5)c5ccccc5)cc4)cc3)nc2c1. The Morgan fingerprint density at radius 1 is 0.262 bits per heavy atom. The van der Waals surface area contributed by atoms with Crippen LogP contribution in [0.4, 0.5) is 34.1 Å². The molecule has 0 N–H and O–H groups in total. The summed E-state index contributed by atoms with van der Waals surface area (Å²) in [5.74, 6) is 0. The highest BCUT2D eigenvalue weighted by molar-refractivity contribution is 5.88. The van der Waals surface area contributed by atoms with Gasteiger partial charge in [-0.1, -0.05) is 152 Å². The molecule has 0 aliphatic rings. The van der Waals surface area contributed by atoms with Crippen LogP contribution in [0.2, 0.25) is 0 Å². The van der Waals surface area contributed by atoms with Gasteiger partial charge in [0, 0.05) is 45.3 Å². The molecule has 0 unspecified atom stereocenters. The minimum absolute atomic E-state index is 0.860. The molecule has 0 fully saturated rings. The Hall–Kier alpha value is -8.08. The molecule has 0 atom stereocenters. The zero-order chi connectivity index (χ0) is 41.0. The number of anilines is 6. The lowest BCUT2D eigenvalue weighted by Gasteiger charge is -2.25. The highest BCUT2D eigenvalue weighted by Crippen LogP contribution is 2.39. The zero-order valence-corrected chi connectivity index (χ0v) is 33.8. The largest absolute Gasteiger partial charge is 0.311 e. The predicted molar refractivity (Wildman–Crippen MR) is 255 cm³/mol. The van der Waals surface area contributed by atoms with Crippen molar-refractivity contribution in [2.45, 2.75) is 6.92 Å². The summed E-state index contributed by atoms with van der Waals surface area (Å²) in [6.45, 7) is 2.10. The molecule has 9 aromatic carbocycles. The lowest BCUT2D eigenvalue weighted by Crippen LogP contribution is -2.09. The zero-order valence-electron chi connectivity index (χ0n) is 33.8. The van der Waals surface area contributed by atoms with Crippen molar-refractivity contribution in [2.24, 2.45) is 0 Å². The van der Waals surface area contributed by atoms with E-state index in [-0.39, 0.29) is 0 Å². The number of hydrogen-bond acceptors (Lipinski definition) is 4. The van der Waals surface area contributed by atoms with Crippen LogP contribution in [0.1, 0.15) is 5.56 Å². The maximum Gasteiger partial charge on any atom is 0.0973 e. The van der Waals surface area contributed by atoms with Crippen molar-refractivity contribution in [1.82, 2.24) is 9.97 Å². The van der Waals surface area contributed by atoms with Gasteiger partial charge in [-0.05, 0) is 120 Å². The van der Waals surface area contributed by atoms with Gasteiger partial charge in [0.1, 0.15) is 0 Å². The molecule has 1 aromatic heterocycles. The maximum absolute atomic E-state index is 5.26. The van der Waals surface area contributed by atoms with E-state index in [1.807, 2.05) is 0 Å². The smallest absolute Gasteiger partial charge is 0.0973 e. The van der Waals surface area contributed by atoms with Crippen LogP contribution in [0.3, 0.4) is 0 Å². The van der Waals surface area contributed by atoms with Crippen molar-refractivity contribution in [3.63, 3.8) is 0 Å². The van der Waals surface area contributed by atoms with Gasteiger partial charge in [-0.25, -0.2) is 9.97 Å². The monoisotopic (exact) mass is 782 g/mol. The number of nitrogens with zero attached hydrogens (tertiary/aromatic N) is 4. The molecular formula is C57H42N4. The summed E-state index contributed by atoms with van der Waals surface area (Å²) in [4.78, 5) is 15.1. The fraction of sp³-hybridized carbons (Fsp3) is 0.0175. The van der Waals surface area contributed by atoms with Crippen molar-refractivity contribution in [3.8, 4) is 44.8 Å². The highest BCUT2D eigenvalue weighted by Gasteiger charge is 2.17. The van der Waals surface area contributed by atoms with E-state index in [1.165, 1.54) is 0 Å². The minimum Gasteiger partial charge on any atom is -0.311 e. The second kappa shape index (κ2) is 16.6. The van der Waals surface area contributed by atoms with Crippen molar-refractivity contribution in [1.29, 1.82) is 0 Å². The van der Waals surface area contributed by atoms with E-state index in [0.29, 0.717) is 0 Å². The Bertz CT molecular complexity index is 2950. The molecule has 0 amide bonds. The van der Waals surface area contributed by atoms with Crippen molar-refractivity contribution in [2.75, 3.05) is 9.80 Å². The third-order valence-corrected chi connectivity index (χ3v) is 11.1. The first-order chi connectivity index (χ1) is 30.1. The van der Waals surface area contributed by atoms with E-state index in [1.54, 1.807) is 0 Å². The second-order valence-electron chi connectivity index (χ2n) is 15.2. The Labute approximate surface area is 357 Å². The van der Waals surface area contributed by atoms with Gasteiger partial charge in [0.2, 0.25) is 0 Å². The van der Waals surface area contributed by atoms with E-state index in [4.69, 9.17) is 9.97 Å². The average Bonchev–Trinajstić information content (AvgIpc) is 3.33. The third kappa shape index (κ3) is 7.78. The lowest BCUT2D eigenvalue weighted by atomic mass is 9.98. The molecular weight excluding hydrogens is 741 g/mol. The van der Waals surface area contributed by atoms with Gasteiger partial charge in [-0.3, -0.25) is 0 Å². The standard InChI is InChI=1S/C57H42N4/c1-41-22-39-54-55(40-41)59-57(47-29-25-43(26-30-47)45-33-37-53(38-34-45)61(50-18-10-4-11-19-50)51-20-12-5-13-21-51)56(58-54)46-27-23-42(24-28-46)44-31-35-52(36-32-44)60(48-14-6-2-7-15-48)49-16-8-3-9-17-49/h2-40H,1H3. The van der Waals surface area contributed by atoms with Gasteiger partial charge in [0.05, 0.1) is 22.4 Å². The summed E-state index contributed by atoms with van der Waals surface area (Å²) in [6.07, 6.45) is 0. The lowest BCUT2D eigenvalue weighted by molar-refractivity contribution is 1.28. The van der Waals surface area contributed by atoms with Crippen LogP contribution in [0.15, 0.2) is 237 Å². The molecule has 0 aliphatic carbocycles. The van der Waals surface area contributed by atoms with Crippen LogP contribution < -0.4 is 9.80 Å². The van der Waals surface area contributed by atoms with Crippen LogP contribution in [-0.4, -0.2) is 9.97 Å². The first-order valence-corrected chi connectivity index (χ1v) is 20.7. The number of aromatic nitrogens is 2. The third-order valence-electron chi connectivity index (χ3n) is 11.1. The summed E-state index contributed by atoms with van der Waals surface area (Å²) in [5.41, 5.74) is 17.9. The molecule has 0 bridgehead atoms. The van der Waals surface area contributed by atoms with Crippen LogP contribution in [-0.2, 0) is 0 Å². The van der Waals surface area contributed by atoms with Crippen LogP contribution >= 0.6 is 0 Å². The second-order valence-corrected chi connectivity index (χ2v) is 15.2. The number of hydrogen-bond donors (Lipinski definition) is 0. The highest BCUT2D eigenvalue weighted by atomic mass is 15.1. The first-order valence-electron chi connectivity index (χ1n) is 20.7. The molecule has 10 rings (SSSR count).